The highest BCUT2D eigenvalue weighted by Crippen LogP contribution is 2.26. The molecule has 2 aromatic rings. The summed E-state index contributed by atoms with van der Waals surface area (Å²) < 4.78 is 26.8. The molecule has 88 valence electrons. The van der Waals surface area contributed by atoms with E-state index in [0.29, 0.717) is 5.69 Å². The Morgan fingerprint density at radius 2 is 1.82 bits per heavy atom. The van der Waals surface area contributed by atoms with Gasteiger partial charge in [-0.2, -0.15) is 0 Å². The minimum Gasteiger partial charge on any atom is -0.396 e. The zero-order valence-corrected chi connectivity index (χ0v) is 9.17. The van der Waals surface area contributed by atoms with Gasteiger partial charge >= 0.3 is 0 Å². The molecule has 0 aliphatic carbocycles. The smallest absolute Gasteiger partial charge is 0.154 e. The third-order valence-electron chi connectivity index (χ3n) is 2.41. The van der Waals surface area contributed by atoms with E-state index in [0.717, 1.165) is 17.7 Å². The Bertz CT molecular complexity index is 535. The van der Waals surface area contributed by atoms with E-state index in [1.54, 1.807) is 13.0 Å². The topological polar surface area (TPSA) is 50.9 Å². The molecule has 0 spiro atoms. The number of anilines is 3. The molecule has 17 heavy (non-hydrogen) atoms. The molecule has 1 aromatic carbocycles. The summed E-state index contributed by atoms with van der Waals surface area (Å²) in [6.45, 7) is 1.79. The number of benzene rings is 1. The van der Waals surface area contributed by atoms with Crippen molar-refractivity contribution in [2.24, 2.45) is 0 Å². The number of aryl methyl sites for hydroxylation is 1. The van der Waals surface area contributed by atoms with Gasteiger partial charge in [0.2, 0.25) is 0 Å². The first-order chi connectivity index (χ1) is 8.09. The van der Waals surface area contributed by atoms with Crippen molar-refractivity contribution in [2.45, 2.75) is 6.92 Å². The fourth-order valence-electron chi connectivity index (χ4n) is 1.40. The number of nitrogen functional groups attached to an aromatic ring is 1. The van der Waals surface area contributed by atoms with Crippen molar-refractivity contribution in [3.8, 4) is 0 Å². The Kier molecular flexibility index (Phi) is 2.91. The molecule has 0 bridgehead atoms. The molecule has 0 unspecified atom stereocenters. The maximum absolute atomic E-state index is 13.4. The van der Waals surface area contributed by atoms with Gasteiger partial charge in [-0.05, 0) is 30.7 Å². The molecule has 0 atom stereocenters. The molecule has 3 nitrogen and oxygen atoms in total. The van der Waals surface area contributed by atoms with Crippen molar-refractivity contribution >= 4 is 17.2 Å². The molecular formula is C12H11F2N3. The highest BCUT2D eigenvalue weighted by molar-refractivity contribution is 5.71. The molecule has 0 aliphatic rings. The van der Waals surface area contributed by atoms with Crippen LogP contribution >= 0.6 is 0 Å². The van der Waals surface area contributed by atoms with E-state index in [2.05, 4.69) is 10.3 Å². The highest BCUT2D eigenvalue weighted by atomic mass is 19.1. The normalized spacial score (nSPS) is 10.3. The van der Waals surface area contributed by atoms with Gasteiger partial charge in [-0.25, -0.2) is 13.8 Å². The molecule has 1 heterocycles. The van der Waals surface area contributed by atoms with E-state index in [1.165, 1.54) is 12.3 Å². The van der Waals surface area contributed by atoms with E-state index in [-0.39, 0.29) is 11.5 Å². The van der Waals surface area contributed by atoms with Crippen LogP contribution in [0, 0.1) is 18.6 Å². The number of para-hydroxylation sites is 1. The molecule has 0 aliphatic heterocycles. The second kappa shape index (κ2) is 4.37. The second-order valence-corrected chi connectivity index (χ2v) is 3.61. The Labute approximate surface area is 97.3 Å². The molecule has 3 N–H and O–H groups in total. The van der Waals surface area contributed by atoms with Gasteiger partial charge in [0.15, 0.2) is 5.82 Å². The molecule has 1 aromatic heterocycles. The number of hydrogen-bond acceptors (Lipinski definition) is 3. The van der Waals surface area contributed by atoms with Crippen molar-refractivity contribution in [1.29, 1.82) is 0 Å². The first-order valence-electron chi connectivity index (χ1n) is 5.01. The third-order valence-corrected chi connectivity index (χ3v) is 2.41. The Morgan fingerprint density at radius 1 is 1.18 bits per heavy atom. The maximum atomic E-state index is 13.4. The number of nitrogens with two attached hydrogens (primary N) is 1. The predicted octanol–water partition coefficient (Wildman–Crippen LogP) is 2.99. The lowest BCUT2D eigenvalue weighted by Gasteiger charge is -2.11. The highest BCUT2D eigenvalue weighted by Gasteiger charge is 2.11. The van der Waals surface area contributed by atoms with Gasteiger partial charge < -0.3 is 11.1 Å². The average molecular weight is 235 g/mol. The van der Waals surface area contributed by atoms with Crippen LogP contribution in [0.15, 0.2) is 30.5 Å². The van der Waals surface area contributed by atoms with Crippen LogP contribution < -0.4 is 11.1 Å². The quantitative estimate of drug-likeness (QED) is 0.841. The molecule has 0 fully saturated rings. The first-order valence-corrected chi connectivity index (χ1v) is 5.01. The van der Waals surface area contributed by atoms with E-state index in [1.807, 2.05) is 0 Å². The number of halogens is 2. The molecule has 0 radical (unpaired) electrons. The minimum atomic E-state index is -0.687. The monoisotopic (exact) mass is 235 g/mol. The standard InChI is InChI=1S/C12H11F2N3/c1-7-5-6-16-12(10(7)15)17-11-8(13)3-2-4-9(11)14/h2-6H,15H2,1H3,(H,16,17). The lowest BCUT2D eigenvalue weighted by molar-refractivity contribution is 0.590. The molecule has 5 heteroatoms. The second-order valence-electron chi connectivity index (χ2n) is 3.61. The molecule has 2 rings (SSSR count). The lowest BCUT2D eigenvalue weighted by Crippen LogP contribution is -2.03. The number of nitrogens with zero attached hydrogens (tertiary/aromatic N) is 1. The van der Waals surface area contributed by atoms with Crippen molar-refractivity contribution < 1.29 is 8.78 Å². The number of pyridine rings is 1. The largest absolute Gasteiger partial charge is 0.396 e. The van der Waals surface area contributed by atoms with Crippen LogP contribution in [0.3, 0.4) is 0 Å². The fourth-order valence-corrected chi connectivity index (χ4v) is 1.40. The summed E-state index contributed by atoms with van der Waals surface area (Å²) in [5.41, 5.74) is 6.67. The maximum Gasteiger partial charge on any atom is 0.154 e. The number of rotatable bonds is 2. The van der Waals surface area contributed by atoms with Crippen LogP contribution in [0.4, 0.5) is 26.0 Å². The van der Waals surface area contributed by atoms with Gasteiger partial charge in [0.25, 0.3) is 0 Å². The third kappa shape index (κ3) is 2.18. The fraction of sp³-hybridized carbons (Fsp3) is 0.0833. The summed E-state index contributed by atoms with van der Waals surface area (Å²) in [4.78, 5) is 3.95. The van der Waals surface area contributed by atoms with Crippen LogP contribution in [0.25, 0.3) is 0 Å². The summed E-state index contributed by atoms with van der Waals surface area (Å²) in [5, 5.41) is 2.56. The Hall–Kier alpha value is -2.17. The van der Waals surface area contributed by atoms with Crippen molar-refractivity contribution in [3.63, 3.8) is 0 Å². The molecular weight excluding hydrogens is 224 g/mol. The molecule has 0 saturated heterocycles. The first kappa shape index (κ1) is 11.3. The van der Waals surface area contributed by atoms with Gasteiger partial charge in [0, 0.05) is 6.20 Å². The van der Waals surface area contributed by atoms with Gasteiger partial charge in [0.05, 0.1) is 5.69 Å². The Balaban J connectivity index is 2.42. The van der Waals surface area contributed by atoms with Gasteiger partial charge in [-0.3, -0.25) is 0 Å². The van der Waals surface area contributed by atoms with E-state index < -0.39 is 11.6 Å². The van der Waals surface area contributed by atoms with Gasteiger partial charge in [-0.1, -0.05) is 6.07 Å². The zero-order valence-electron chi connectivity index (χ0n) is 9.17. The summed E-state index contributed by atoms with van der Waals surface area (Å²) in [7, 11) is 0. The van der Waals surface area contributed by atoms with E-state index in [4.69, 9.17) is 5.73 Å². The van der Waals surface area contributed by atoms with E-state index in [9.17, 15) is 8.78 Å². The average Bonchev–Trinajstić information content (AvgIpc) is 2.29. The SMILES string of the molecule is Cc1ccnc(Nc2c(F)cccc2F)c1N. The van der Waals surface area contributed by atoms with Crippen LogP contribution in [0.1, 0.15) is 5.56 Å². The van der Waals surface area contributed by atoms with Crippen LogP contribution in [-0.2, 0) is 0 Å². The van der Waals surface area contributed by atoms with Crippen molar-refractivity contribution in [2.75, 3.05) is 11.1 Å². The molecule has 0 amide bonds. The van der Waals surface area contributed by atoms with E-state index >= 15 is 0 Å². The van der Waals surface area contributed by atoms with Crippen molar-refractivity contribution in [3.05, 3.63) is 47.7 Å². The van der Waals surface area contributed by atoms with Crippen LogP contribution in [0.5, 0.6) is 0 Å². The number of aromatic nitrogens is 1. The van der Waals surface area contributed by atoms with Gasteiger partial charge in [-0.15, -0.1) is 0 Å². The minimum absolute atomic E-state index is 0.244. The number of hydrogen-bond donors (Lipinski definition) is 2. The molecule has 0 saturated carbocycles. The van der Waals surface area contributed by atoms with Crippen LogP contribution in [-0.4, -0.2) is 4.98 Å². The summed E-state index contributed by atoms with van der Waals surface area (Å²) >= 11 is 0. The summed E-state index contributed by atoms with van der Waals surface area (Å²) in [5.74, 6) is -1.13. The predicted molar refractivity (Wildman–Crippen MR) is 63.0 cm³/mol. The van der Waals surface area contributed by atoms with Crippen LogP contribution in [0.2, 0.25) is 0 Å². The summed E-state index contributed by atoms with van der Waals surface area (Å²) in [6.07, 6.45) is 1.52. The van der Waals surface area contributed by atoms with Crippen molar-refractivity contribution in [1.82, 2.24) is 4.98 Å². The number of nitrogens with one attached hydrogen (secondary N) is 1. The lowest BCUT2D eigenvalue weighted by atomic mass is 10.2. The van der Waals surface area contributed by atoms with Gasteiger partial charge in [0.1, 0.15) is 17.3 Å². The Morgan fingerprint density at radius 3 is 2.47 bits per heavy atom. The zero-order chi connectivity index (χ0) is 12.4. The summed E-state index contributed by atoms with van der Waals surface area (Å²) in [6, 6.07) is 5.34.